The Morgan fingerprint density at radius 2 is 1.62 bits per heavy atom. The van der Waals surface area contributed by atoms with Gasteiger partial charge in [0, 0.05) is 13.7 Å². The molecule has 0 aliphatic carbocycles. The van der Waals surface area contributed by atoms with E-state index in [0.717, 1.165) is 19.4 Å². The first-order valence-electron chi connectivity index (χ1n) is 6.32. The smallest absolute Gasteiger partial charge is 0.146 e. The maximum Gasteiger partial charge on any atom is 0.146 e. The minimum atomic E-state index is 0.427. The van der Waals surface area contributed by atoms with Gasteiger partial charge >= 0.3 is 0 Å². The number of methoxy groups -OCH3 is 1. The Hall–Kier alpha value is -0.560. The van der Waals surface area contributed by atoms with Crippen LogP contribution in [0.1, 0.15) is 51.4 Å². The summed E-state index contributed by atoms with van der Waals surface area (Å²) in [6.07, 6.45) is 12.2. The molecule has 0 aromatic carbocycles. The van der Waals surface area contributed by atoms with Crippen LogP contribution in [0, 0.1) is 0 Å². The van der Waals surface area contributed by atoms with Crippen molar-refractivity contribution in [3.63, 3.8) is 0 Å². The highest BCUT2D eigenvalue weighted by Crippen LogP contribution is 2.08. The number of hydrogen-bond donors (Lipinski definition) is 0. The molecule has 0 unspecified atom stereocenters. The fraction of sp³-hybridized carbons (Fsp3) is 0.786. The third-order valence-corrected chi connectivity index (χ3v) is 2.48. The zero-order valence-electron chi connectivity index (χ0n) is 10.7. The third-order valence-electron chi connectivity index (χ3n) is 2.48. The van der Waals surface area contributed by atoms with Gasteiger partial charge in [-0.05, 0) is 25.3 Å². The van der Waals surface area contributed by atoms with Crippen LogP contribution < -0.4 is 0 Å². The molecule has 0 radical (unpaired) electrons. The molecule has 0 amide bonds. The van der Waals surface area contributed by atoms with Gasteiger partial charge in [0.1, 0.15) is 6.79 Å². The van der Waals surface area contributed by atoms with E-state index in [0.29, 0.717) is 6.79 Å². The van der Waals surface area contributed by atoms with Gasteiger partial charge in [-0.3, -0.25) is 0 Å². The zero-order chi connectivity index (χ0) is 11.9. The average Bonchev–Trinajstić information content (AvgIpc) is 2.31. The first-order chi connectivity index (χ1) is 7.91. The topological polar surface area (TPSA) is 18.5 Å². The van der Waals surface area contributed by atoms with Gasteiger partial charge in [-0.2, -0.15) is 0 Å². The van der Waals surface area contributed by atoms with Crippen molar-refractivity contribution < 1.29 is 9.47 Å². The van der Waals surface area contributed by atoms with Crippen LogP contribution in [0.5, 0.6) is 0 Å². The molecular formula is C14H26O2. The van der Waals surface area contributed by atoms with Crippen LogP contribution in [-0.4, -0.2) is 20.5 Å². The van der Waals surface area contributed by atoms with Crippen molar-refractivity contribution in [3.8, 4) is 0 Å². The van der Waals surface area contributed by atoms with E-state index in [-0.39, 0.29) is 0 Å². The van der Waals surface area contributed by atoms with Gasteiger partial charge in [0.15, 0.2) is 0 Å². The number of unbranched alkanes of at least 4 members (excludes halogenated alkanes) is 7. The molecule has 0 saturated heterocycles. The molecule has 2 nitrogen and oxygen atoms in total. The lowest BCUT2D eigenvalue weighted by Gasteiger charge is -2.02. The summed E-state index contributed by atoms with van der Waals surface area (Å²) in [6.45, 7) is 4.81. The molecule has 94 valence electrons. The molecule has 0 bridgehead atoms. The van der Waals surface area contributed by atoms with Crippen molar-refractivity contribution in [1.29, 1.82) is 0 Å². The molecule has 0 aliphatic heterocycles. The lowest BCUT2D eigenvalue weighted by atomic mass is 10.1. The molecule has 2 heteroatoms. The lowest BCUT2D eigenvalue weighted by Crippen LogP contribution is -1.98. The van der Waals surface area contributed by atoms with E-state index in [1.54, 1.807) is 7.11 Å². The second-order valence-electron chi connectivity index (χ2n) is 3.99. The second-order valence-corrected chi connectivity index (χ2v) is 3.99. The lowest BCUT2D eigenvalue weighted by molar-refractivity contribution is -0.0315. The van der Waals surface area contributed by atoms with E-state index >= 15 is 0 Å². The van der Waals surface area contributed by atoms with Crippen molar-refractivity contribution in [2.24, 2.45) is 0 Å². The number of allylic oxidation sites excluding steroid dienone is 1. The standard InChI is InChI=1S/C14H26O2/c1-3-4-5-6-7-8-9-10-11-12-13-16-14-15-2/h4H,1,5-14H2,2H3. The van der Waals surface area contributed by atoms with Gasteiger partial charge < -0.3 is 9.47 Å². The van der Waals surface area contributed by atoms with Crippen molar-refractivity contribution >= 4 is 0 Å². The van der Waals surface area contributed by atoms with Gasteiger partial charge in [-0.1, -0.05) is 38.7 Å². The molecular weight excluding hydrogens is 200 g/mol. The van der Waals surface area contributed by atoms with Crippen molar-refractivity contribution in [1.82, 2.24) is 0 Å². The van der Waals surface area contributed by atoms with Gasteiger partial charge in [-0.15, -0.1) is 5.73 Å². The fourth-order valence-electron chi connectivity index (χ4n) is 1.58. The summed E-state index contributed by atoms with van der Waals surface area (Å²) < 4.78 is 10.0. The number of hydrogen-bond acceptors (Lipinski definition) is 2. The van der Waals surface area contributed by atoms with Gasteiger partial charge in [0.25, 0.3) is 0 Å². The van der Waals surface area contributed by atoms with Crippen molar-refractivity contribution in [3.05, 3.63) is 18.4 Å². The summed E-state index contributed by atoms with van der Waals surface area (Å²) in [6, 6.07) is 0. The normalized spacial score (nSPS) is 10.1. The van der Waals surface area contributed by atoms with Crippen LogP contribution >= 0.6 is 0 Å². The molecule has 16 heavy (non-hydrogen) atoms. The Morgan fingerprint density at radius 3 is 2.25 bits per heavy atom. The Morgan fingerprint density at radius 1 is 1.00 bits per heavy atom. The minimum Gasteiger partial charge on any atom is -0.359 e. The largest absolute Gasteiger partial charge is 0.359 e. The molecule has 0 atom stereocenters. The summed E-state index contributed by atoms with van der Waals surface area (Å²) in [5, 5.41) is 0. The quantitative estimate of drug-likeness (QED) is 0.284. The van der Waals surface area contributed by atoms with E-state index in [1.807, 2.05) is 6.08 Å². The SMILES string of the molecule is C=C=CCCCCCCCCCOCOC. The predicted molar refractivity (Wildman–Crippen MR) is 68.5 cm³/mol. The van der Waals surface area contributed by atoms with Gasteiger partial charge in [0.2, 0.25) is 0 Å². The monoisotopic (exact) mass is 226 g/mol. The minimum absolute atomic E-state index is 0.427. The molecule has 0 N–H and O–H groups in total. The molecule has 0 heterocycles. The first-order valence-corrected chi connectivity index (χ1v) is 6.32. The van der Waals surface area contributed by atoms with Gasteiger partial charge in [0.05, 0.1) is 0 Å². The molecule has 0 aromatic rings. The summed E-state index contributed by atoms with van der Waals surface area (Å²) in [7, 11) is 1.65. The Kier molecular flexibility index (Phi) is 13.9. The van der Waals surface area contributed by atoms with E-state index in [1.165, 1.54) is 38.5 Å². The van der Waals surface area contributed by atoms with Crippen molar-refractivity contribution in [2.75, 3.05) is 20.5 Å². The Labute approximate surface area is 100 Å². The molecule has 0 aromatic heterocycles. The second kappa shape index (κ2) is 14.4. The molecule has 0 fully saturated rings. The molecule has 0 spiro atoms. The van der Waals surface area contributed by atoms with Crippen LogP contribution in [0.15, 0.2) is 18.4 Å². The van der Waals surface area contributed by atoms with E-state index in [2.05, 4.69) is 12.3 Å². The van der Waals surface area contributed by atoms with E-state index in [9.17, 15) is 0 Å². The van der Waals surface area contributed by atoms with E-state index in [4.69, 9.17) is 9.47 Å². The number of ether oxygens (including phenoxy) is 2. The molecule has 0 rings (SSSR count). The predicted octanol–water partition coefficient (Wildman–Crippen LogP) is 4.07. The number of rotatable bonds is 12. The van der Waals surface area contributed by atoms with Crippen molar-refractivity contribution in [2.45, 2.75) is 51.4 Å². The van der Waals surface area contributed by atoms with Crippen LogP contribution in [0.25, 0.3) is 0 Å². The van der Waals surface area contributed by atoms with Gasteiger partial charge in [-0.25, -0.2) is 0 Å². The first kappa shape index (κ1) is 15.4. The summed E-state index contributed by atoms with van der Waals surface area (Å²) in [5.74, 6) is 0. The summed E-state index contributed by atoms with van der Waals surface area (Å²) in [5.41, 5.74) is 2.80. The Bertz CT molecular complexity index is 172. The highest BCUT2D eigenvalue weighted by molar-refractivity contribution is 4.74. The maximum absolute atomic E-state index is 5.22. The van der Waals surface area contributed by atoms with Crippen LogP contribution in [0.3, 0.4) is 0 Å². The zero-order valence-corrected chi connectivity index (χ0v) is 10.7. The van der Waals surface area contributed by atoms with Crippen LogP contribution in [0.4, 0.5) is 0 Å². The Balaban J connectivity index is 2.90. The average molecular weight is 226 g/mol. The molecule has 0 aliphatic rings. The maximum atomic E-state index is 5.22. The molecule has 0 saturated carbocycles. The fourth-order valence-corrected chi connectivity index (χ4v) is 1.58. The van der Waals surface area contributed by atoms with Crippen LogP contribution in [0.2, 0.25) is 0 Å². The van der Waals surface area contributed by atoms with E-state index < -0.39 is 0 Å². The third kappa shape index (κ3) is 13.4. The highest BCUT2D eigenvalue weighted by Gasteiger charge is 1.91. The highest BCUT2D eigenvalue weighted by atomic mass is 16.7. The summed E-state index contributed by atoms with van der Waals surface area (Å²) >= 11 is 0. The van der Waals surface area contributed by atoms with Crippen LogP contribution in [-0.2, 0) is 9.47 Å². The summed E-state index contributed by atoms with van der Waals surface area (Å²) in [4.78, 5) is 0.